The summed E-state index contributed by atoms with van der Waals surface area (Å²) in [6.45, 7) is 0.675. The molecule has 106 valence electrons. The Morgan fingerprint density at radius 1 is 1.40 bits per heavy atom. The lowest BCUT2D eigenvalue weighted by atomic mass is 9.77. The van der Waals surface area contributed by atoms with E-state index in [9.17, 15) is 9.90 Å². The van der Waals surface area contributed by atoms with Crippen molar-refractivity contribution in [1.29, 1.82) is 0 Å². The van der Waals surface area contributed by atoms with Gasteiger partial charge in [-0.2, -0.15) is 0 Å². The molecule has 2 aliphatic carbocycles. The molecule has 2 saturated carbocycles. The molecule has 1 heterocycles. The van der Waals surface area contributed by atoms with E-state index in [1.54, 1.807) is 0 Å². The van der Waals surface area contributed by atoms with E-state index in [0.29, 0.717) is 29.9 Å². The molecule has 0 radical (unpaired) electrons. The van der Waals surface area contributed by atoms with Gasteiger partial charge in [0.05, 0.1) is 12.0 Å². The Hall–Kier alpha value is -1.22. The van der Waals surface area contributed by atoms with Crippen molar-refractivity contribution in [3.05, 3.63) is 28.3 Å². The Balaban J connectivity index is 1.70. The summed E-state index contributed by atoms with van der Waals surface area (Å²) >= 11 is 6.17. The minimum atomic E-state index is -0.656. The summed E-state index contributed by atoms with van der Waals surface area (Å²) in [5.74, 6) is 1.51. The lowest BCUT2D eigenvalue weighted by molar-refractivity contribution is -0.149. The van der Waals surface area contributed by atoms with E-state index in [1.165, 1.54) is 6.42 Å². The molecule has 1 aromatic carbocycles. The van der Waals surface area contributed by atoms with Gasteiger partial charge in [0.1, 0.15) is 5.75 Å². The number of rotatable bonds is 3. The zero-order chi connectivity index (χ0) is 13.9. The molecule has 0 aromatic heterocycles. The van der Waals surface area contributed by atoms with E-state index in [0.717, 1.165) is 36.1 Å². The summed E-state index contributed by atoms with van der Waals surface area (Å²) in [5.41, 5.74) is 1.50. The predicted octanol–water partition coefficient (Wildman–Crippen LogP) is 3.32. The first-order valence-corrected chi connectivity index (χ1v) is 7.63. The number of carboxylic acid groups (broad SMARTS) is 1. The SMILES string of the molecule is O=C(O)C1(Cc2cc(Cl)cc3c2OCC3)CC2CC2C1. The standard InChI is InChI=1S/C16H17ClO3/c17-13-4-9-1-2-20-14(9)12(5-13)8-16(15(18)19)6-10-3-11(10)7-16/h4-5,10-11H,1-3,6-8H2,(H,18,19). The van der Waals surface area contributed by atoms with Crippen molar-refractivity contribution in [1.82, 2.24) is 0 Å². The summed E-state index contributed by atoms with van der Waals surface area (Å²) in [5, 5.41) is 10.4. The maximum Gasteiger partial charge on any atom is 0.309 e. The molecule has 3 nitrogen and oxygen atoms in total. The highest BCUT2D eigenvalue weighted by atomic mass is 35.5. The first kappa shape index (κ1) is 12.5. The monoisotopic (exact) mass is 292 g/mol. The second-order valence-corrected chi connectivity index (χ2v) is 7.01. The van der Waals surface area contributed by atoms with Crippen LogP contribution in [0.2, 0.25) is 5.02 Å². The normalized spacial score (nSPS) is 33.5. The molecule has 2 unspecified atom stereocenters. The summed E-state index contributed by atoms with van der Waals surface area (Å²) in [4.78, 5) is 11.8. The zero-order valence-electron chi connectivity index (χ0n) is 11.2. The van der Waals surface area contributed by atoms with Gasteiger partial charge in [0.2, 0.25) is 0 Å². The molecule has 2 atom stereocenters. The van der Waals surface area contributed by atoms with Gasteiger partial charge < -0.3 is 9.84 Å². The molecule has 0 saturated heterocycles. The Kier molecular flexibility index (Phi) is 2.59. The van der Waals surface area contributed by atoms with Gasteiger partial charge >= 0.3 is 5.97 Å². The number of hydrogen-bond donors (Lipinski definition) is 1. The number of carbonyl (C=O) groups is 1. The molecular weight excluding hydrogens is 276 g/mol. The summed E-state index contributed by atoms with van der Waals surface area (Å²) in [6.07, 6.45) is 4.27. The van der Waals surface area contributed by atoms with Gasteiger partial charge in [-0.15, -0.1) is 0 Å². The first-order valence-electron chi connectivity index (χ1n) is 7.25. The molecule has 2 fully saturated rings. The Morgan fingerprint density at radius 2 is 2.15 bits per heavy atom. The number of aliphatic carboxylic acids is 1. The smallest absolute Gasteiger partial charge is 0.309 e. The summed E-state index contributed by atoms with van der Waals surface area (Å²) in [7, 11) is 0. The highest BCUT2D eigenvalue weighted by Gasteiger charge is 2.57. The van der Waals surface area contributed by atoms with Crippen molar-refractivity contribution in [3.8, 4) is 5.75 Å². The van der Waals surface area contributed by atoms with Crippen LogP contribution in [0, 0.1) is 17.3 Å². The highest BCUT2D eigenvalue weighted by molar-refractivity contribution is 6.30. The predicted molar refractivity (Wildman–Crippen MR) is 75.3 cm³/mol. The van der Waals surface area contributed by atoms with E-state index in [1.807, 2.05) is 12.1 Å². The van der Waals surface area contributed by atoms with Crippen LogP contribution < -0.4 is 4.74 Å². The van der Waals surface area contributed by atoms with Crippen LogP contribution in [-0.4, -0.2) is 17.7 Å². The number of carboxylic acids is 1. The van der Waals surface area contributed by atoms with Gasteiger partial charge in [0.15, 0.2) is 0 Å². The minimum absolute atomic E-state index is 0.554. The number of ether oxygens (including phenoxy) is 1. The third-order valence-electron chi connectivity index (χ3n) is 5.18. The Morgan fingerprint density at radius 3 is 2.85 bits per heavy atom. The minimum Gasteiger partial charge on any atom is -0.493 e. The van der Waals surface area contributed by atoms with Gasteiger partial charge in [-0.25, -0.2) is 0 Å². The van der Waals surface area contributed by atoms with E-state index in [2.05, 4.69) is 0 Å². The number of hydrogen-bond acceptors (Lipinski definition) is 2. The third-order valence-corrected chi connectivity index (χ3v) is 5.40. The molecule has 0 amide bonds. The number of fused-ring (bicyclic) bond motifs is 2. The van der Waals surface area contributed by atoms with Crippen molar-refractivity contribution in [2.75, 3.05) is 6.61 Å². The molecule has 20 heavy (non-hydrogen) atoms. The lowest BCUT2D eigenvalue weighted by Gasteiger charge is -2.27. The fraction of sp³-hybridized carbons (Fsp3) is 0.562. The quantitative estimate of drug-likeness (QED) is 0.929. The van der Waals surface area contributed by atoms with E-state index < -0.39 is 11.4 Å². The van der Waals surface area contributed by atoms with Gasteiger partial charge in [-0.1, -0.05) is 11.6 Å². The van der Waals surface area contributed by atoms with Crippen LogP contribution in [0.4, 0.5) is 0 Å². The van der Waals surface area contributed by atoms with Gasteiger partial charge in [-0.05, 0) is 60.8 Å². The Bertz CT molecular complexity index is 586. The van der Waals surface area contributed by atoms with Gasteiger partial charge in [0.25, 0.3) is 0 Å². The fourth-order valence-electron chi connectivity index (χ4n) is 4.13. The number of halogens is 1. The molecule has 4 heteroatoms. The van der Waals surface area contributed by atoms with Crippen molar-refractivity contribution < 1.29 is 14.6 Å². The maximum absolute atomic E-state index is 11.8. The van der Waals surface area contributed by atoms with Crippen LogP contribution in [-0.2, 0) is 17.6 Å². The van der Waals surface area contributed by atoms with E-state index in [-0.39, 0.29) is 0 Å². The van der Waals surface area contributed by atoms with Crippen molar-refractivity contribution in [3.63, 3.8) is 0 Å². The molecule has 3 aliphatic rings. The summed E-state index contributed by atoms with van der Waals surface area (Å²) in [6, 6.07) is 3.83. The Labute approximate surface area is 122 Å². The molecule has 1 aromatic rings. The molecular formula is C16H17ClO3. The third kappa shape index (κ3) is 1.83. The average molecular weight is 293 g/mol. The van der Waals surface area contributed by atoms with E-state index in [4.69, 9.17) is 16.3 Å². The topological polar surface area (TPSA) is 46.5 Å². The molecule has 1 aliphatic heterocycles. The van der Waals surface area contributed by atoms with E-state index >= 15 is 0 Å². The maximum atomic E-state index is 11.8. The van der Waals surface area contributed by atoms with Crippen LogP contribution in [0.5, 0.6) is 5.75 Å². The first-order chi connectivity index (χ1) is 9.57. The van der Waals surface area contributed by atoms with Crippen LogP contribution in [0.15, 0.2) is 12.1 Å². The fourth-order valence-corrected chi connectivity index (χ4v) is 4.40. The van der Waals surface area contributed by atoms with Crippen LogP contribution in [0.3, 0.4) is 0 Å². The van der Waals surface area contributed by atoms with Crippen molar-refractivity contribution in [2.45, 2.75) is 32.1 Å². The number of benzene rings is 1. The van der Waals surface area contributed by atoms with Gasteiger partial charge in [0, 0.05) is 11.4 Å². The van der Waals surface area contributed by atoms with Crippen LogP contribution in [0.1, 0.15) is 30.4 Å². The van der Waals surface area contributed by atoms with Crippen molar-refractivity contribution in [2.24, 2.45) is 17.3 Å². The highest BCUT2D eigenvalue weighted by Crippen LogP contribution is 2.61. The molecule has 0 bridgehead atoms. The van der Waals surface area contributed by atoms with Crippen LogP contribution >= 0.6 is 11.6 Å². The molecule has 1 N–H and O–H groups in total. The average Bonchev–Trinajstić information content (AvgIpc) is 2.83. The second-order valence-electron chi connectivity index (χ2n) is 6.58. The zero-order valence-corrected chi connectivity index (χ0v) is 11.9. The molecule has 4 rings (SSSR count). The molecule has 0 spiro atoms. The van der Waals surface area contributed by atoms with Gasteiger partial charge in [-0.3, -0.25) is 4.79 Å². The lowest BCUT2D eigenvalue weighted by Crippen LogP contribution is -2.32. The largest absolute Gasteiger partial charge is 0.493 e. The second kappa shape index (κ2) is 4.14. The summed E-state index contributed by atoms with van der Waals surface area (Å²) < 4.78 is 5.71. The van der Waals surface area contributed by atoms with Crippen LogP contribution in [0.25, 0.3) is 0 Å². The van der Waals surface area contributed by atoms with Crippen molar-refractivity contribution >= 4 is 17.6 Å².